The van der Waals surface area contributed by atoms with Crippen LogP contribution in [-0.2, 0) is 4.79 Å². The van der Waals surface area contributed by atoms with Gasteiger partial charge in [0.2, 0.25) is 5.91 Å². The minimum absolute atomic E-state index is 0.0303. The van der Waals surface area contributed by atoms with Crippen molar-refractivity contribution in [3.05, 3.63) is 11.6 Å². The highest BCUT2D eigenvalue weighted by atomic mass is 35.5. The van der Waals surface area contributed by atoms with E-state index in [9.17, 15) is 4.79 Å². The van der Waals surface area contributed by atoms with Crippen molar-refractivity contribution in [3.8, 4) is 0 Å². The molecule has 0 aromatic rings. The second-order valence-corrected chi connectivity index (χ2v) is 2.72. The van der Waals surface area contributed by atoms with Crippen LogP contribution in [-0.4, -0.2) is 19.0 Å². The molecule has 0 aliphatic carbocycles. The van der Waals surface area contributed by atoms with Gasteiger partial charge in [-0.2, -0.15) is 0 Å². The van der Waals surface area contributed by atoms with Crippen LogP contribution in [0.25, 0.3) is 0 Å². The van der Waals surface area contributed by atoms with Crippen LogP contribution in [0.3, 0.4) is 0 Å². The third-order valence-electron chi connectivity index (χ3n) is 1.09. The predicted molar refractivity (Wildman–Crippen MR) is 46.3 cm³/mol. The van der Waals surface area contributed by atoms with Crippen molar-refractivity contribution in [1.82, 2.24) is 5.32 Å². The van der Waals surface area contributed by atoms with E-state index < -0.39 is 0 Å². The lowest BCUT2D eigenvalue weighted by Gasteiger charge is -2.01. The van der Waals surface area contributed by atoms with Gasteiger partial charge in [-0.1, -0.05) is 18.2 Å². The fourth-order valence-electron chi connectivity index (χ4n) is 0.545. The molecule has 1 amide bonds. The maximum Gasteiger partial charge on any atom is 0.220 e. The van der Waals surface area contributed by atoms with Crippen molar-refractivity contribution in [3.63, 3.8) is 0 Å². The minimum atomic E-state index is -0.0303. The van der Waals surface area contributed by atoms with Crippen LogP contribution in [0, 0.1) is 0 Å². The first-order valence-corrected chi connectivity index (χ1v) is 3.84. The Morgan fingerprint density at radius 1 is 1.64 bits per heavy atom. The Morgan fingerprint density at radius 3 is 2.73 bits per heavy atom. The molecule has 0 spiro atoms. The molecule has 3 nitrogen and oxygen atoms in total. The van der Waals surface area contributed by atoms with E-state index in [0.717, 1.165) is 0 Å². The Hall–Kier alpha value is -0.540. The topological polar surface area (TPSA) is 55.1 Å². The summed E-state index contributed by atoms with van der Waals surface area (Å²) in [4.78, 5) is 10.8. The standard InChI is InChI=1S/C7H13ClN2O/c1-6(8)5-10-7(11)3-2-4-9/h1-5,9H2,(H,10,11). The molecule has 0 fully saturated rings. The zero-order chi connectivity index (χ0) is 8.69. The first kappa shape index (κ1) is 10.5. The van der Waals surface area contributed by atoms with Gasteiger partial charge < -0.3 is 11.1 Å². The van der Waals surface area contributed by atoms with Crippen LogP contribution in [0.2, 0.25) is 0 Å². The average molecular weight is 177 g/mol. The molecule has 0 aliphatic heterocycles. The molecule has 64 valence electrons. The minimum Gasteiger partial charge on any atom is -0.351 e. The highest BCUT2D eigenvalue weighted by Gasteiger charge is 1.98. The Morgan fingerprint density at radius 2 is 2.27 bits per heavy atom. The average Bonchev–Trinajstić information content (AvgIpc) is 1.97. The van der Waals surface area contributed by atoms with E-state index in [1.807, 2.05) is 0 Å². The SMILES string of the molecule is C=C(Cl)CNC(=O)CCCN. The molecule has 11 heavy (non-hydrogen) atoms. The van der Waals surface area contributed by atoms with E-state index in [1.54, 1.807) is 0 Å². The second-order valence-electron chi connectivity index (χ2n) is 2.19. The van der Waals surface area contributed by atoms with Crippen LogP contribution in [0.1, 0.15) is 12.8 Å². The van der Waals surface area contributed by atoms with E-state index in [4.69, 9.17) is 17.3 Å². The molecular formula is C7H13ClN2O. The fourth-order valence-corrected chi connectivity index (χ4v) is 0.612. The van der Waals surface area contributed by atoms with Gasteiger partial charge in [-0.05, 0) is 13.0 Å². The molecule has 3 N–H and O–H groups in total. The number of amides is 1. The number of carbonyl (C=O) groups is 1. The van der Waals surface area contributed by atoms with E-state index in [-0.39, 0.29) is 5.91 Å². The molecular weight excluding hydrogens is 164 g/mol. The summed E-state index contributed by atoms with van der Waals surface area (Å²) < 4.78 is 0. The van der Waals surface area contributed by atoms with Gasteiger partial charge in [0, 0.05) is 11.5 Å². The summed E-state index contributed by atoms with van der Waals surface area (Å²) in [6, 6.07) is 0. The molecule has 0 aromatic carbocycles. The number of carbonyl (C=O) groups excluding carboxylic acids is 1. The summed E-state index contributed by atoms with van der Waals surface area (Å²) in [6.07, 6.45) is 1.17. The zero-order valence-corrected chi connectivity index (χ0v) is 7.16. The summed E-state index contributed by atoms with van der Waals surface area (Å²) >= 11 is 5.42. The number of hydrogen-bond donors (Lipinski definition) is 2. The highest BCUT2D eigenvalue weighted by molar-refractivity contribution is 6.29. The van der Waals surface area contributed by atoms with E-state index in [2.05, 4.69) is 11.9 Å². The maximum atomic E-state index is 10.8. The third kappa shape index (κ3) is 7.36. The lowest BCUT2D eigenvalue weighted by Crippen LogP contribution is -2.24. The van der Waals surface area contributed by atoms with Crippen molar-refractivity contribution in [2.75, 3.05) is 13.1 Å². The van der Waals surface area contributed by atoms with Crippen LogP contribution in [0.15, 0.2) is 11.6 Å². The summed E-state index contributed by atoms with van der Waals surface area (Å²) in [5.74, 6) is -0.0303. The molecule has 0 rings (SSSR count). The smallest absolute Gasteiger partial charge is 0.220 e. The van der Waals surface area contributed by atoms with Crippen LogP contribution in [0.5, 0.6) is 0 Å². The molecule has 0 aliphatic rings. The molecule has 0 saturated carbocycles. The van der Waals surface area contributed by atoms with Gasteiger partial charge >= 0.3 is 0 Å². The molecule has 0 atom stereocenters. The van der Waals surface area contributed by atoms with E-state index in [1.165, 1.54) is 0 Å². The second kappa shape index (κ2) is 6.19. The lowest BCUT2D eigenvalue weighted by atomic mass is 10.3. The van der Waals surface area contributed by atoms with Gasteiger partial charge in [-0.15, -0.1) is 0 Å². The van der Waals surface area contributed by atoms with Crippen molar-refractivity contribution in [1.29, 1.82) is 0 Å². The predicted octanol–water partition coefficient (Wildman–Crippen LogP) is 0.594. The van der Waals surface area contributed by atoms with Crippen molar-refractivity contribution in [2.24, 2.45) is 5.73 Å². The number of hydrogen-bond acceptors (Lipinski definition) is 2. The Kier molecular flexibility index (Phi) is 5.88. The fraction of sp³-hybridized carbons (Fsp3) is 0.571. The molecule has 0 saturated heterocycles. The van der Waals surface area contributed by atoms with E-state index >= 15 is 0 Å². The Bertz CT molecular complexity index is 147. The molecule has 0 aromatic heterocycles. The van der Waals surface area contributed by atoms with Crippen molar-refractivity contribution in [2.45, 2.75) is 12.8 Å². The Balaban J connectivity index is 3.30. The largest absolute Gasteiger partial charge is 0.351 e. The Labute approximate surface area is 71.6 Å². The first-order valence-electron chi connectivity index (χ1n) is 3.47. The highest BCUT2D eigenvalue weighted by Crippen LogP contribution is 1.93. The van der Waals surface area contributed by atoms with Gasteiger partial charge in [-0.3, -0.25) is 4.79 Å². The summed E-state index contributed by atoms with van der Waals surface area (Å²) in [5.41, 5.74) is 5.21. The van der Waals surface area contributed by atoms with Crippen LogP contribution >= 0.6 is 11.6 Å². The van der Waals surface area contributed by atoms with Crippen LogP contribution < -0.4 is 11.1 Å². The monoisotopic (exact) mass is 176 g/mol. The molecule has 0 radical (unpaired) electrons. The number of halogens is 1. The number of rotatable bonds is 5. The van der Waals surface area contributed by atoms with Crippen molar-refractivity contribution < 1.29 is 4.79 Å². The number of nitrogens with one attached hydrogen (secondary N) is 1. The zero-order valence-electron chi connectivity index (χ0n) is 6.40. The first-order chi connectivity index (χ1) is 5.16. The summed E-state index contributed by atoms with van der Waals surface area (Å²) in [7, 11) is 0. The van der Waals surface area contributed by atoms with Gasteiger partial charge in [0.05, 0.1) is 6.54 Å². The van der Waals surface area contributed by atoms with E-state index in [0.29, 0.717) is 31.0 Å². The number of nitrogens with two attached hydrogens (primary N) is 1. The van der Waals surface area contributed by atoms with Gasteiger partial charge in [-0.25, -0.2) is 0 Å². The van der Waals surface area contributed by atoms with Gasteiger partial charge in [0.25, 0.3) is 0 Å². The molecule has 4 heteroatoms. The summed E-state index contributed by atoms with van der Waals surface area (Å²) in [5, 5.41) is 3.03. The van der Waals surface area contributed by atoms with Crippen LogP contribution in [0.4, 0.5) is 0 Å². The van der Waals surface area contributed by atoms with Gasteiger partial charge in [0.15, 0.2) is 0 Å². The quantitative estimate of drug-likeness (QED) is 0.645. The van der Waals surface area contributed by atoms with Gasteiger partial charge in [0.1, 0.15) is 0 Å². The third-order valence-corrected chi connectivity index (χ3v) is 1.22. The summed E-state index contributed by atoms with van der Waals surface area (Å²) in [6.45, 7) is 4.31. The molecule has 0 bridgehead atoms. The van der Waals surface area contributed by atoms with Crippen molar-refractivity contribution >= 4 is 17.5 Å². The lowest BCUT2D eigenvalue weighted by molar-refractivity contribution is -0.120. The normalized spacial score (nSPS) is 9.27. The maximum absolute atomic E-state index is 10.8. The molecule has 0 unspecified atom stereocenters. The molecule has 0 heterocycles.